The molecule has 2 aromatic carbocycles. The second kappa shape index (κ2) is 8.84. The summed E-state index contributed by atoms with van der Waals surface area (Å²) in [4.78, 5) is 23.2. The smallest absolute Gasteiger partial charge is 0.335 e. The van der Waals surface area contributed by atoms with E-state index in [-0.39, 0.29) is 11.1 Å². The Kier molecular flexibility index (Phi) is 6.54. The molecule has 0 radical (unpaired) electrons. The highest BCUT2D eigenvalue weighted by Crippen LogP contribution is 2.18. The van der Waals surface area contributed by atoms with Gasteiger partial charge >= 0.3 is 11.9 Å². The fourth-order valence-corrected chi connectivity index (χ4v) is 2.58. The van der Waals surface area contributed by atoms with Gasteiger partial charge in [0.25, 0.3) is 0 Å². The first kappa shape index (κ1) is 18.5. The van der Waals surface area contributed by atoms with E-state index in [1.807, 2.05) is 0 Å². The van der Waals surface area contributed by atoms with Crippen molar-refractivity contribution in [3.05, 3.63) is 65.7 Å². The van der Waals surface area contributed by atoms with Gasteiger partial charge in [-0.25, -0.2) is 9.59 Å². The molecule has 2 aromatic rings. The maximum absolute atomic E-state index is 10.4. The number of hydrogen-bond donors (Lipinski definition) is 3. The van der Waals surface area contributed by atoms with Gasteiger partial charge in [0.1, 0.15) is 0 Å². The van der Waals surface area contributed by atoms with Gasteiger partial charge < -0.3 is 20.8 Å². The zero-order valence-electron chi connectivity index (χ0n) is 13.8. The van der Waals surface area contributed by atoms with Crippen molar-refractivity contribution in [2.45, 2.75) is 18.9 Å². The molecule has 0 aliphatic carbocycles. The molecule has 0 aromatic heterocycles. The largest absolute Gasteiger partial charge is 0.478 e. The molecule has 6 nitrogen and oxygen atoms in total. The van der Waals surface area contributed by atoms with Crippen molar-refractivity contribution in [3.63, 3.8) is 0 Å². The molecule has 1 fully saturated rings. The lowest BCUT2D eigenvalue weighted by molar-refractivity contribution is 0.0696. The van der Waals surface area contributed by atoms with E-state index in [0.29, 0.717) is 6.04 Å². The number of rotatable bonds is 3. The molecule has 0 saturated carbocycles. The maximum Gasteiger partial charge on any atom is 0.335 e. The summed E-state index contributed by atoms with van der Waals surface area (Å²) in [5, 5.41) is 17.0. The van der Waals surface area contributed by atoms with E-state index in [0.717, 1.165) is 32.0 Å². The zero-order valence-corrected chi connectivity index (χ0v) is 13.8. The van der Waals surface area contributed by atoms with Gasteiger partial charge in [-0.3, -0.25) is 0 Å². The third kappa shape index (κ3) is 5.61. The third-order valence-corrected chi connectivity index (χ3v) is 4.02. The fraction of sp³-hybridized carbons (Fsp3) is 0.263. The Morgan fingerprint density at radius 1 is 0.880 bits per heavy atom. The van der Waals surface area contributed by atoms with Gasteiger partial charge in [-0.1, -0.05) is 24.3 Å². The van der Waals surface area contributed by atoms with Gasteiger partial charge in [0.05, 0.1) is 11.1 Å². The SMILES string of the molecule is NC1CCN(c2ccccc2)CC1.O=C(O)c1cccc(C(=O)O)c1. The van der Waals surface area contributed by atoms with Crippen LogP contribution in [-0.4, -0.2) is 41.3 Å². The Bertz CT molecular complexity index is 681. The first-order valence-corrected chi connectivity index (χ1v) is 8.09. The number of benzene rings is 2. The highest BCUT2D eigenvalue weighted by atomic mass is 16.4. The van der Waals surface area contributed by atoms with Gasteiger partial charge in [-0.2, -0.15) is 0 Å². The predicted molar refractivity (Wildman–Crippen MR) is 96.2 cm³/mol. The second-order valence-electron chi connectivity index (χ2n) is 5.85. The molecule has 3 rings (SSSR count). The van der Waals surface area contributed by atoms with Gasteiger partial charge in [-0.15, -0.1) is 0 Å². The molecule has 0 unspecified atom stereocenters. The van der Waals surface area contributed by atoms with E-state index in [9.17, 15) is 9.59 Å². The monoisotopic (exact) mass is 342 g/mol. The number of hydrogen-bond acceptors (Lipinski definition) is 4. The van der Waals surface area contributed by atoms with Crippen LogP contribution in [0.5, 0.6) is 0 Å². The second-order valence-corrected chi connectivity index (χ2v) is 5.85. The van der Waals surface area contributed by atoms with Gasteiger partial charge in [0.2, 0.25) is 0 Å². The molecule has 4 N–H and O–H groups in total. The Morgan fingerprint density at radius 3 is 1.88 bits per heavy atom. The third-order valence-electron chi connectivity index (χ3n) is 4.02. The quantitative estimate of drug-likeness (QED) is 0.792. The van der Waals surface area contributed by atoms with Crippen molar-refractivity contribution in [1.82, 2.24) is 0 Å². The summed E-state index contributed by atoms with van der Waals surface area (Å²) in [5.74, 6) is -2.25. The summed E-state index contributed by atoms with van der Waals surface area (Å²) in [6.45, 7) is 2.20. The molecule has 0 bridgehead atoms. The van der Waals surface area contributed by atoms with Crippen LogP contribution >= 0.6 is 0 Å². The van der Waals surface area contributed by atoms with Gasteiger partial charge in [0, 0.05) is 24.8 Å². The molecule has 25 heavy (non-hydrogen) atoms. The lowest BCUT2D eigenvalue weighted by Gasteiger charge is -2.31. The number of carboxylic acids is 2. The molecule has 1 heterocycles. The zero-order chi connectivity index (χ0) is 18.2. The number of nitrogens with zero attached hydrogens (tertiary/aromatic N) is 1. The van der Waals surface area contributed by atoms with Crippen molar-refractivity contribution >= 4 is 17.6 Å². The van der Waals surface area contributed by atoms with E-state index >= 15 is 0 Å². The van der Waals surface area contributed by atoms with Crippen LogP contribution in [-0.2, 0) is 0 Å². The number of carboxylic acid groups (broad SMARTS) is 2. The van der Waals surface area contributed by atoms with Crippen LogP contribution in [0.4, 0.5) is 5.69 Å². The normalized spacial score (nSPS) is 14.4. The number of aromatic carboxylic acids is 2. The van der Waals surface area contributed by atoms with Crippen LogP contribution in [0, 0.1) is 0 Å². The Labute approximate surface area is 146 Å². The number of carbonyl (C=O) groups is 2. The Hall–Kier alpha value is -2.86. The summed E-state index contributed by atoms with van der Waals surface area (Å²) >= 11 is 0. The average molecular weight is 342 g/mol. The molecule has 1 aliphatic rings. The van der Waals surface area contributed by atoms with Crippen LogP contribution < -0.4 is 10.6 Å². The fourth-order valence-electron chi connectivity index (χ4n) is 2.58. The molecule has 1 saturated heterocycles. The Balaban J connectivity index is 0.000000181. The summed E-state index contributed by atoms with van der Waals surface area (Å²) in [6.07, 6.45) is 2.24. The maximum atomic E-state index is 10.4. The van der Waals surface area contributed by atoms with Gasteiger partial charge in [-0.05, 0) is 43.2 Å². The van der Waals surface area contributed by atoms with Crippen molar-refractivity contribution in [3.8, 4) is 0 Å². The first-order chi connectivity index (χ1) is 12.0. The standard InChI is InChI=1S/C11H16N2.C8H6O4/c12-10-6-8-13(9-7-10)11-4-2-1-3-5-11;9-7(10)5-2-1-3-6(4-5)8(11)12/h1-5,10H,6-9,12H2;1-4H,(H,9,10)(H,11,12). The number of piperidine rings is 1. The molecular weight excluding hydrogens is 320 g/mol. The predicted octanol–water partition coefficient (Wildman–Crippen LogP) is 2.70. The summed E-state index contributed by atoms with van der Waals surface area (Å²) in [7, 11) is 0. The van der Waals surface area contributed by atoms with Gasteiger partial charge in [0.15, 0.2) is 0 Å². The van der Waals surface area contributed by atoms with Crippen molar-refractivity contribution in [1.29, 1.82) is 0 Å². The highest BCUT2D eigenvalue weighted by Gasteiger charge is 2.15. The van der Waals surface area contributed by atoms with Crippen LogP contribution in [0.2, 0.25) is 0 Å². The number of para-hydroxylation sites is 1. The minimum Gasteiger partial charge on any atom is -0.478 e. The molecule has 0 atom stereocenters. The van der Waals surface area contributed by atoms with E-state index in [1.165, 1.54) is 23.9 Å². The minimum absolute atomic E-state index is 0.0186. The minimum atomic E-state index is -1.13. The molecule has 132 valence electrons. The highest BCUT2D eigenvalue weighted by molar-refractivity contribution is 5.93. The molecule has 1 aliphatic heterocycles. The van der Waals surface area contributed by atoms with Crippen LogP contribution in [0.25, 0.3) is 0 Å². The van der Waals surface area contributed by atoms with Crippen molar-refractivity contribution in [2.24, 2.45) is 5.73 Å². The summed E-state index contributed by atoms with van der Waals surface area (Å²) < 4.78 is 0. The van der Waals surface area contributed by atoms with E-state index in [2.05, 4.69) is 35.2 Å². The Morgan fingerprint density at radius 2 is 1.40 bits per heavy atom. The van der Waals surface area contributed by atoms with Crippen LogP contribution in [0.15, 0.2) is 54.6 Å². The molecule has 0 spiro atoms. The molecule has 0 amide bonds. The van der Waals surface area contributed by atoms with Crippen LogP contribution in [0.1, 0.15) is 33.6 Å². The molecular formula is C19H22N2O4. The van der Waals surface area contributed by atoms with E-state index in [4.69, 9.17) is 15.9 Å². The molecule has 6 heteroatoms. The number of anilines is 1. The summed E-state index contributed by atoms with van der Waals surface area (Å²) in [5.41, 5.74) is 7.14. The summed E-state index contributed by atoms with van der Waals surface area (Å²) in [6, 6.07) is 16.2. The van der Waals surface area contributed by atoms with Crippen molar-refractivity contribution < 1.29 is 19.8 Å². The first-order valence-electron chi connectivity index (χ1n) is 8.09. The topological polar surface area (TPSA) is 104 Å². The lowest BCUT2D eigenvalue weighted by Crippen LogP contribution is -2.39. The lowest BCUT2D eigenvalue weighted by atomic mass is 10.1. The van der Waals surface area contributed by atoms with E-state index < -0.39 is 11.9 Å². The van der Waals surface area contributed by atoms with E-state index in [1.54, 1.807) is 0 Å². The van der Waals surface area contributed by atoms with Crippen LogP contribution in [0.3, 0.4) is 0 Å². The average Bonchev–Trinajstić information content (AvgIpc) is 2.63. The van der Waals surface area contributed by atoms with Crippen molar-refractivity contribution in [2.75, 3.05) is 18.0 Å². The number of nitrogens with two attached hydrogens (primary N) is 1.